The van der Waals surface area contributed by atoms with Gasteiger partial charge in [0.25, 0.3) is 0 Å². The summed E-state index contributed by atoms with van der Waals surface area (Å²) < 4.78 is 6.76. The molecule has 3 aliphatic rings. The first-order valence-electron chi connectivity index (χ1n) is 19.3. The Morgan fingerprint density at radius 3 is 2.15 bits per heavy atom. The van der Waals surface area contributed by atoms with Crippen molar-refractivity contribution in [2.24, 2.45) is 0 Å². The zero-order valence-electron chi connectivity index (χ0n) is 30.9. The standard InChI is InChI=1S/C53H39NO/c1-53(2)46-21-8-7-18-44(46)51-47(53)22-11-23-48(51)54(41-16-9-15-38(33-41)39-25-24-34-12-3-4-14-37(34)32-39)40-29-26-36(27-30-40)43-19-10-20-45-50-42-17-6-5-13-35(42)28-31-49(50)55-52(43)45/h3-33,45,52H,1-2H3. The lowest BCUT2D eigenvalue weighted by molar-refractivity contribution is 0.278. The quantitative estimate of drug-likeness (QED) is 0.177. The predicted octanol–water partition coefficient (Wildman–Crippen LogP) is 13.9. The minimum absolute atomic E-state index is 0.0671. The van der Waals surface area contributed by atoms with Crippen LogP contribution in [0.3, 0.4) is 0 Å². The van der Waals surface area contributed by atoms with Crippen LogP contribution in [0.1, 0.15) is 42.0 Å². The Morgan fingerprint density at radius 2 is 1.25 bits per heavy atom. The van der Waals surface area contributed by atoms with Gasteiger partial charge in [0.05, 0.1) is 5.69 Å². The molecular formula is C53H39NO. The Hall–Kier alpha value is -6.64. The Bertz CT molecular complexity index is 2890. The number of ether oxygens (including phenoxy) is 1. The van der Waals surface area contributed by atoms with Crippen molar-refractivity contribution in [1.29, 1.82) is 0 Å². The molecule has 0 spiro atoms. The molecule has 2 atom stereocenters. The zero-order valence-corrected chi connectivity index (χ0v) is 30.9. The first-order valence-corrected chi connectivity index (χ1v) is 19.3. The molecule has 0 saturated carbocycles. The average molecular weight is 706 g/mol. The molecule has 8 aromatic carbocycles. The van der Waals surface area contributed by atoms with Gasteiger partial charge in [0.2, 0.25) is 0 Å². The van der Waals surface area contributed by atoms with Gasteiger partial charge in [0, 0.05) is 39.4 Å². The van der Waals surface area contributed by atoms with Gasteiger partial charge in [-0.15, -0.1) is 0 Å². The lowest BCUT2D eigenvalue weighted by Crippen LogP contribution is -2.21. The van der Waals surface area contributed by atoms with E-state index in [1.54, 1.807) is 0 Å². The molecule has 11 rings (SSSR count). The van der Waals surface area contributed by atoms with Crippen molar-refractivity contribution < 1.29 is 4.74 Å². The van der Waals surface area contributed by atoms with E-state index in [1.807, 2.05) is 0 Å². The molecule has 2 nitrogen and oxygen atoms in total. The highest BCUT2D eigenvalue weighted by Crippen LogP contribution is 2.55. The van der Waals surface area contributed by atoms with Crippen molar-refractivity contribution in [3.8, 4) is 28.0 Å². The van der Waals surface area contributed by atoms with E-state index in [2.05, 4.69) is 207 Å². The summed E-state index contributed by atoms with van der Waals surface area (Å²) in [7, 11) is 0. The van der Waals surface area contributed by atoms with E-state index in [4.69, 9.17) is 4.74 Å². The fourth-order valence-electron chi connectivity index (χ4n) is 9.52. The van der Waals surface area contributed by atoms with Crippen LogP contribution in [0, 0.1) is 0 Å². The highest BCUT2D eigenvalue weighted by atomic mass is 16.5. The molecule has 1 heterocycles. The first-order chi connectivity index (χ1) is 27.0. The molecule has 0 radical (unpaired) electrons. The Kier molecular flexibility index (Phi) is 7.06. The largest absolute Gasteiger partial charge is 0.484 e. The summed E-state index contributed by atoms with van der Waals surface area (Å²) in [6.45, 7) is 4.71. The number of nitrogens with zero attached hydrogens (tertiary/aromatic N) is 1. The third-order valence-corrected chi connectivity index (χ3v) is 12.2. The van der Waals surface area contributed by atoms with Crippen molar-refractivity contribution >= 4 is 44.2 Å². The van der Waals surface area contributed by atoms with Crippen molar-refractivity contribution in [3.05, 3.63) is 210 Å². The van der Waals surface area contributed by atoms with Gasteiger partial charge in [0.15, 0.2) is 0 Å². The molecule has 0 fully saturated rings. The first kappa shape index (κ1) is 31.8. The van der Waals surface area contributed by atoms with E-state index in [-0.39, 0.29) is 17.4 Å². The fraction of sp³-hybridized carbons (Fsp3) is 0.0943. The maximum atomic E-state index is 6.76. The lowest BCUT2D eigenvalue weighted by Gasteiger charge is -2.30. The summed E-state index contributed by atoms with van der Waals surface area (Å²) in [4.78, 5) is 2.46. The summed E-state index contributed by atoms with van der Waals surface area (Å²) >= 11 is 0. The van der Waals surface area contributed by atoms with Gasteiger partial charge in [0.1, 0.15) is 11.9 Å². The van der Waals surface area contributed by atoms with Gasteiger partial charge in [-0.25, -0.2) is 0 Å². The molecule has 2 heteroatoms. The molecule has 0 amide bonds. The van der Waals surface area contributed by atoms with Crippen molar-refractivity contribution in [3.63, 3.8) is 0 Å². The number of fused-ring (bicyclic) bond motifs is 9. The molecule has 2 aliphatic carbocycles. The highest BCUT2D eigenvalue weighted by molar-refractivity contribution is 5.96. The minimum Gasteiger partial charge on any atom is -0.484 e. The molecule has 0 N–H and O–H groups in total. The summed E-state index contributed by atoms with van der Waals surface area (Å²) in [6, 6.07) is 62.3. The van der Waals surface area contributed by atoms with Gasteiger partial charge < -0.3 is 9.64 Å². The van der Waals surface area contributed by atoms with Crippen LogP contribution in [-0.2, 0) is 5.41 Å². The van der Waals surface area contributed by atoms with Crippen molar-refractivity contribution in [2.45, 2.75) is 31.3 Å². The fourth-order valence-corrected chi connectivity index (χ4v) is 9.52. The van der Waals surface area contributed by atoms with E-state index >= 15 is 0 Å². The Morgan fingerprint density at radius 1 is 0.545 bits per heavy atom. The van der Waals surface area contributed by atoms with Gasteiger partial charge in [-0.1, -0.05) is 159 Å². The third kappa shape index (κ3) is 4.95. The molecule has 0 bridgehead atoms. The number of anilines is 3. The summed E-state index contributed by atoms with van der Waals surface area (Å²) in [6.07, 6.45) is 6.68. The smallest absolute Gasteiger partial charge is 0.135 e. The van der Waals surface area contributed by atoms with Crippen molar-refractivity contribution in [2.75, 3.05) is 4.90 Å². The lowest BCUT2D eigenvalue weighted by atomic mass is 9.82. The Balaban J connectivity index is 1.03. The van der Waals surface area contributed by atoms with Crippen molar-refractivity contribution in [1.82, 2.24) is 0 Å². The molecule has 0 aromatic heterocycles. The summed E-state index contributed by atoms with van der Waals surface area (Å²) in [5, 5.41) is 5.02. The van der Waals surface area contributed by atoms with Gasteiger partial charge in [-0.2, -0.15) is 0 Å². The molecular weight excluding hydrogens is 667 g/mol. The van der Waals surface area contributed by atoms with Gasteiger partial charge in [-0.05, 0) is 97.4 Å². The number of benzene rings is 8. The van der Waals surface area contributed by atoms with Gasteiger partial charge in [-0.3, -0.25) is 0 Å². The maximum Gasteiger partial charge on any atom is 0.135 e. The van der Waals surface area contributed by atoms with Crippen LogP contribution in [0.5, 0.6) is 5.75 Å². The van der Waals surface area contributed by atoms with Crippen LogP contribution in [-0.4, -0.2) is 6.10 Å². The van der Waals surface area contributed by atoms with Crippen LogP contribution >= 0.6 is 0 Å². The molecule has 55 heavy (non-hydrogen) atoms. The molecule has 0 saturated heterocycles. The molecule has 1 aliphatic heterocycles. The second-order valence-electron chi connectivity index (χ2n) is 15.6. The average Bonchev–Trinajstić information content (AvgIpc) is 3.74. The summed E-state index contributed by atoms with van der Waals surface area (Å²) in [5.74, 6) is 1.16. The molecule has 8 aromatic rings. The molecule has 2 unspecified atom stereocenters. The highest BCUT2D eigenvalue weighted by Gasteiger charge is 2.39. The second kappa shape index (κ2) is 12.2. The van der Waals surface area contributed by atoms with Crippen LogP contribution < -0.4 is 9.64 Å². The number of hydrogen-bond acceptors (Lipinski definition) is 2. The second-order valence-corrected chi connectivity index (χ2v) is 15.6. The number of rotatable bonds is 5. The maximum absolute atomic E-state index is 6.76. The molecule has 262 valence electrons. The van der Waals surface area contributed by atoms with E-state index < -0.39 is 0 Å². The predicted molar refractivity (Wildman–Crippen MR) is 230 cm³/mol. The van der Waals surface area contributed by atoms with E-state index in [1.165, 1.54) is 77.3 Å². The van der Waals surface area contributed by atoms with Crippen LogP contribution in [0.2, 0.25) is 0 Å². The monoisotopic (exact) mass is 705 g/mol. The third-order valence-electron chi connectivity index (χ3n) is 12.2. The van der Waals surface area contributed by atoms with E-state index in [0.29, 0.717) is 0 Å². The topological polar surface area (TPSA) is 12.5 Å². The van der Waals surface area contributed by atoms with E-state index in [0.717, 1.165) is 17.1 Å². The zero-order chi connectivity index (χ0) is 36.7. The number of allylic oxidation sites excluding steroid dienone is 2. The number of hydrogen-bond donors (Lipinski definition) is 0. The van der Waals surface area contributed by atoms with Crippen LogP contribution in [0.25, 0.3) is 49.4 Å². The summed E-state index contributed by atoms with van der Waals surface area (Å²) in [5.41, 5.74) is 14.7. The normalized spacial score (nSPS) is 17.2. The minimum atomic E-state index is -0.105. The van der Waals surface area contributed by atoms with Crippen LogP contribution in [0.15, 0.2) is 188 Å². The Labute approximate surface area is 322 Å². The SMILES string of the molecule is CC1(C)c2ccccc2-c2c(N(c3ccc(C4=CC=CC5c6c(ccc7ccccc67)OC45)cc3)c3cccc(-c4ccc5ccccc5c4)c3)cccc21. The van der Waals surface area contributed by atoms with Gasteiger partial charge >= 0.3 is 0 Å². The van der Waals surface area contributed by atoms with E-state index in [9.17, 15) is 0 Å². The van der Waals surface area contributed by atoms with Crippen LogP contribution in [0.4, 0.5) is 17.1 Å².